The van der Waals surface area contributed by atoms with E-state index >= 15 is 0 Å². The minimum atomic E-state index is -0.381. The molecule has 0 aromatic heterocycles. The van der Waals surface area contributed by atoms with Gasteiger partial charge in [-0.1, -0.05) is 31.0 Å². The van der Waals surface area contributed by atoms with Gasteiger partial charge < -0.3 is 20.4 Å². The van der Waals surface area contributed by atoms with Gasteiger partial charge in [0.2, 0.25) is 11.8 Å². The average Bonchev–Trinajstić information content (AvgIpc) is 2.69. The van der Waals surface area contributed by atoms with Crippen LogP contribution in [0.2, 0.25) is 0 Å². The zero-order valence-corrected chi connectivity index (χ0v) is 15.2. The molecule has 1 saturated carbocycles. The van der Waals surface area contributed by atoms with E-state index in [4.69, 9.17) is 0 Å². The van der Waals surface area contributed by atoms with Gasteiger partial charge >= 0.3 is 0 Å². The summed E-state index contributed by atoms with van der Waals surface area (Å²) in [6.45, 7) is 3.11. The lowest BCUT2D eigenvalue weighted by molar-refractivity contribution is -0.136. The molecule has 3 aliphatic rings. The van der Waals surface area contributed by atoms with Gasteiger partial charge in [0.05, 0.1) is 12.5 Å². The summed E-state index contributed by atoms with van der Waals surface area (Å²) in [5.41, 5.74) is 1.20. The Bertz CT molecular complexity index is 642. The second kappa shape index (κ2) is 7.66. The summed E-state index contributed by atoms with van der Waals surface area (Å²) in [5, 5.41) is 6.56. The first-order valence-electron chi connectivity index (χ1n) is 9.85. The predicted molar refractivity (Wildman–Crippen MR) is 101 cm³/mol. The van der Waals surface area contributed by atoms with Gasteiger partial charge in [-0.15, -0.1) is 0 Å². The summed E-state index contributed by atoms with van der Waals surface area (Å²) in [5.74, 6) is 0.0732. The summed E-state index contributed by atoms with van der Waals surface area (Å²) < 4.78 is 0. The van der Waals surface area contributed by atoms with E-state index < -0.39 is 0 Å². The fourth-order valence-corrected chi connectivity index (χ4v) is 4.43. The Morgan fingerprint density at radius 3 is 2.42 bits per heavy atom. The Hall–Kier alpha value is -2.08. The van der Waals surface area contributed by atoms with Crippen LogP contribution in [0.5, 0.6) is 0 Å². The monoisotopic (exact) mass is 356 g/mol. The molecule has 6 nitrogen and oxygen atoms in total. The van der Waals surface area contributed by atoms with Crippen LogP contribution in [0.4, 0.5) is 5.69 Å². The first kappa shape index (κ1) is 17.3. The quantitative estimate of drug-likeness (QED) is 0.852. The lowest BCUT2D eigenvalue weighted by Crippen LogP contribution is -2.65. The number of amides is 2. The van der Waals surface area contributed by atoms with Crippen LogP contribution in [0.1, 0.15) is 32.1 Å². The molecule has 2 saturated heterocycles. The molecule has 3 fully saturated rings. The van der Waals surface area contributed by atoms with Gasteiger partial charge in [0.25, 0.3) is 0 Å². The fourth-order valence-electron chi connectivity index (χ4n) is 4.43. The zero-order valence-electron chi connectivity index (χ0n) is 15.2. The molecule has 2 aliphatic heterocycles. The van der Waals surface area contributed by atoms with Crippen LogP contribution in [-0.2, 0) is 9.59 Å². The maximum Gasteiger partial charge on any atom is 0.237 e. The first-order valence-corrected chi connectivity index (χ1v) is 9.85. The summed E-state index contributed by atoms with van der Waals surface area (Å²) in [7, 11) is 0. The van der Waals surface area contributed by atoms with E-state index in [2.05, 4.69) is 27.7 Å². The summed E-state index contributed by atoms with van der Waals surface area (Å²) in [4.78, 5) is 29.3. The zero-order chi connectivity index (χ0) is 17.9. The smallest absolute Gasteiger partial charge is 0.237 e. The molecular formula is C20H28N4O2. The third-order valence-corrected chi connectivity index (χ3v) is 5.96. The maximum atomic E-state index is 12.7. The second-order valence-corrected chi connectivity index (χ2v) is 7.63. The van der Waals surface area contributed by atoms with Gasteiger partial charge in [-0.2, -0.15) is 0 Å². The van der Waals surface area contributed by atoms with Gasteiger partial charge in [0.15, 0.2) is 0 Å². The van der Waals surface area contributed by atoms with Crippen molar-refractivity contribution in [1.29, 1.82) is 0 Å². The number of benzene rings is 1. The summed E-state index contributed by atoms with van der Waals surface area (Å²) in [6, 6.07) is 10.5. The van der Waals surface area contributed by atoms with Crippen molar-refractivity contribution in [2.45, 2.75) is 50.2 Å². The number of nitrogens with zero attached hydrogens (tertiary/aromatic N) is 2. The number of nitrogens with one attached hydrogen (secondary N) is 2. The van der Waals surface area contributed by atoms with E-state index in [1.54, 1.807) is 0 Å². The van der Waals surface area contributed by atoms with Gasteiger partial charge in [0.1, 0.15) is 0 Å². The molecule has 26 heavy (non-hydrogen) atoms. The molecule has 1 aromatic carbocycles. The molecule has 6 heteroatoms. The van der Waals surface area contributed by atoms with Crippen LogP contribution in [0.15, 0.2) is 30.3 Å². The largest absolute Gasteiger partial charge is 0.368 e. The maximum absolute atomic E-state index is 12.7. The third-order valence-electron chi connectivity index (χ3n) is 5.96. The van der Waals surface area contributed by atoms with E-state index in [1.165, 1.54) is 18.5 Å². The molecular weight excluding hydrogens is 328 g/mol. The van der Waals surface area contributed by atoms with E-state index in [9.17, 15) is 9.59 Å². The van der Waals surface area contributed by atoms with Crippen molar-refractivity contribution in [2.75, 3.05) is 31.1 Å². The van der Waals surface area contributed by atoms with Gasteiger partial charge in [-0.3, -0.25) is 9.59 Å². The molecule has 2 N–H and O–H groups in total. The normalized spacial score (nSPS) is 29.1. The Balaban J connectivity index is 1.29. The highest BCUT2D eigenvalue weighted by Crippen LogP contribution is 2.23. The van der Waals surface area contributed by atoms with Crippen molar-refractivity contribution in [3.05, 3.63) is 30.3 Å². The Labute approximate surface area is 154 Å². The molecule has 0 unspecified atom stereocenters. The van der Waals surface area contributed by atoms with Crippen molar-refractivity contribution in [3.8, 4) is 0 Å². The minimum absolute atomic E-state index is 0.00979. The number of hydrogen-bond acceptors (Lipinski definition) is 4. The summed E-state index contributed by atoms with van der Waals surface area (Å²) in [6.07, 6.45) is 4.78. The highest BCUT2D eigenvalue weighted by atomic mass is 16.2. The number of piperazine rings is 2. The fraction of sp³-hybridized carbons (Fsp3) is 0.600. The van der Waals surface area contributed by atoms with Crippen molar-refractivity contribution < 1.29 is 9.59 Å². The second-order valence-electron chi connectivity index (χ2n) is 7.63. The molecule has 1 aromatic rings. The topological polar surface area (TPSA) is 64.7 Å². The average molecular weight is 356 g/mol. The Morgan fingerprint density at radius 2 is 1.69 bits per heavy atom. The van der Waals surface area contributed by atoms with Crippen LogP contribution in [0.25, 0.3) is 0 Å². The SMILES string of the molecule is O=C1N[C@@H]2CCCC[C@@H]2N[C@H]1CC(=O)N1CCN(c2ccccc2)CC1. The molecule has 2 amide bonds. The van der Waals surface area contributed by atoms with Crippen LogP contribution >= 0.6 is 0 Å². The van der Waals surface area contributed by atoms with Crippen molar-refractivity contribution >= 4 is 17.5 Å². The number of anilines is 1. The van der Waals surface area contributed by atoms with E-state index in [1.807, 2.05) is 23.1 Å². The number of fused-ring (bicyclic) bond motifs is 1. The lowest BCUT2D eigenvalue weighted by Gasteiger charge is -2.41. The predicted octanol–water partition coefficient (Wildman–Crippen LogP) is 1.12. The van der Waals surface area contributed by atoms with Gasteiger partial charge in [0, 0.05) is 44.0 Å². The number of rotatable bonds is 3. The van der Waals surface area contributed by atoms with Crippen molar-refractivity contribution in [3.63, 3.8) is 0 Å². The van der Waals surface area contributed by atoms with Gasteiger partial charge in [-0.25, -0.2) is 0 Å². The van der Waals surface area contributed by atoms with E-state index in [-0.39, 0.29) is 30.3 Å². The minimum Gasteiger partial charge on any atom is -0.368 e. The molecule has 4 rings (SSSR count). The van der Waals surface area contributed by atoms with Crippen molar-refractivity contribution in [1.82, 2.24) is 15.5 Å². The Kier molecular flexibility index (Phi) is 5.11. The van der Waals surface area contributed by atoms with Crippen LogP contribution in [0.3, 0.4) is 0 Å². The summed E-state index contributed by atoms with van der Waals surface area (Å²) >= 11 is 0. The number of para-hydroxylation sites is 1. The highest BCUT2D eigenvalue weighted by molar-refractivity contribution is 5.89. The van der Waals surface area contributed by atoms with Crippen molar-refractivity contribution in [2.24, 2.45) is 0 Å². The molecule has 140 valence electrons. The highest BCUT2D eigenvalue weighted by Gasteiger charge is 2.37. The molecule has 0 radical (unpaired) electrons. The van der Waals surface area contributed by atoms with E-state index in [0.717, 1.165) is 25.9 Å². The van der Waals surface area contributed by atoms with Crippen LogP contribution in [-0.4, -0.2) is 61.0 Å². The molecule has 3 atom stereocenters. The number of hydrogen-bond donors (Lipinski definition) is 2. The molecule has 0 bridgehead atoms. The van der Waals surface area contributed by atoms with Gasteiger partial charge in [-0.05, 0) is 25.0 Å². The Morgan fingerprint density at radius 1 is 1.00 bits per heavy atom. The third kappa shape index (κ3) is 3.70. The molecule has 0 spiro atoms. The van der Waals surface area contributed by atoms with Crippen LogP contribution < -0.4 is 15.5 Å². The number of carbonyl (C=O) groups excluding carboxylic acids is 2. The number of carbonyl (C=O) groups is 2. The first-order chi connectivity index (χ1) is 12.7. The molecule has 1 aliphatic carbocycles. The standard InChI is InChI=1S/C20H28N4O2/c25-19(14-18-20(26)22-17-9-5-4-8-16(17)21-18)24-12-10-23(11-13-24)15-6-2-1-3-7-15/h1-3,6-7,16-18,21H,4-5,8-14H2,(H,22,26)/t16-,17+,18-/m0/s1. The van der Waals surface area contributed by atoms with Crippen LogP contribution in [0, 0.1) is 0 Å². The molecule has 2 heterocycles. The lowest BCUT2D eigenvalue weighted by atomic mass is 9.87. The van der Waals surface area contributed by atoms with E-state index in [0.29, 0.717) is 19.1 Å².